The van der Waals surface area contributed by atoms with E-state index >= 15 is 0 Å². The van der Waals surface area contributed by atoms with Gasteiger partial charge in [-0.1, -0.05) is 36.4 Å². The zero-order chi connectivity index (χ0) is 24.3. The van der Waals surface area contributed by atoms with Crippen molar-refractivity contribution in [2.24, 2.45) is 0 Å². The molecule has 0 aliphatic carbocycles. The lowest BCUT2D eigenvalue weighted by molar-refractivity contribution is -0.138. The van der Waals surface area contributed by atoms with E-state index in [1.54, 1.807) is 49.1 Å². The van der Waals surface area contributed by atoms with Crippen LogP contribution in [-0.2, 0) is 22.1 Å². The maximum absolute atomic E-state index is 13.8. The normalized spacial score (nSPS) is 17.7. The molecule has 0 amide bonds. The molecule has 0 spiro atoms. The van der Waals surface area contributed by atoms with Crippen molar-refractivity contribution in [3.63, 3.8) is 0 Å². The molecule has 1 aliphatic heterocycles. The fourth-order valence-corrected chi connectivity index (χ4v) is 5.21. The molecule has 0 aromatic heterocycles. The summed E-state index contributed by atoms with van der Waals surface area (Å²) in [5.74, 6) is -1.71. The maximum Gasteiger partial charge on any atom is 0.417 e. The second-order valence-electron chi connectivity index (χ2n) is 7.34. The van der Waals surface area contributed by atoms with Gasteiger partial charge in [0.1, 0.15) is 0 Å². The molecule has 2 aromatic rings. The van der Waals surface area contributed by atoms with Crippen LogP contribution in [0.25, 0.3) is 5.57 Å². The molecule has 172 valence electrons. The van der Waals surface area contributed by atoms with E-state index in [-0.39, 0.29) is 34.7 Å². The van der Waals surface area contributed by atoms with E-state index in [1.165, 1.54) is 18.2 Å². The third kappa shape index (κ3) is 4.77. The van der Waals surface area contributed by atoms with Gasteiger partial charge >= 0.3 is 12.1 Å². The van der Waals surface area contributed by atoms with Crippen LogP contribution in [-0.4, -0.2) is 38.9 Å². The van der Waals surface area contributed by atoms with E-state index in [4.69, 9.17) is 0 Å². The van der Waals surface area contributed by atoms with Crippen molar-refractivity contribution < 1.29 is 27.6 Å². The zero-order valence-corrected chi connectivity index (χ0v) is 18.7. The van der Waals surface area contributed by atoms with Gasteiger partial charge in [0, 0.05) is 12.1 Å². The number of hydrogen-bond donors (Lipinski definition) is 1. The Labute approximate surface area is 192 Å². The number of nitrogens with zero attached hydrogens (tertiary/aromatic N) is 2. The Morgan fingerprint density at radius 2 is 1.79 bits per heavy atom. The highest BCUT2D eigenvalue weighted by Gasteiger charge is 2.41. The van der Waals surface area contributed by atoms with Crippen molar-refractivity contribution >= 4 is 22.7 Å². The van der Waals surface area contributed by atoms with Gasteiger partial charge in [0.25, 0.3) is 0 Å². The highest BCUT2D eigenvalue weighted by Crippen LogP contribution is 2.43. The third-order valence-electron chi connectivity index (χ3n) is 5.49. The predicted molar refractivity (Wildman–Crippen MR) is 118 cm³/mol. The van der Waals surface area contributed by atoms with Crippen LogP contribution in [0.4, 0.5) is 13.2 Å². The Balaban J connectivity index is 2.31. The largest absolute Gasteiger partial charge is 0.611 e. The van der Waals surface area contributed by atoms with Crippen LogP contribution in [0, 0.1) is 11.3 Å². The van der Waals surface area contributed by atoms with Crippen LogP contribution < -0.4 is 0 Å². The van der Waals surface area contributed by atoms with Gasteiger partial charge < -0.3 is 14.6 Å². The third-order valence-corrected chi connectivity index (χ3v) is 6.82. The number of carbonyl (C=O) groups is 1. The Hall–Kier alpha value is -3.22. The topological polar surface area (TPSA) is 87.4 Å². The maximum atomic E-state index is 13.8. The quantitative estimate of drug-likeness (QED) is 0.605. The number of nitriles is 1. The zero-order valence-electron chi connectivity index (χ0n) is 17.9. The molecular formula is C24H21F3N2O3S. The highest BCUT2D eigenvalue weighted by molar-refractivity contribution is 7.91. The second-order valence-corrected chi connectivity index (χ2v) is 8.79. The highest BCUT2D eigenvalue weighted by atomic mass is 32.2. The first kappa shape index (κ1) is 24.4. The predicted octanol–water partition coefficient (Wildman–Crippen LogP) is 4.85. The van der Waals surface area contributed by atoms with Gasteiger partial charge in [-0.05, 0) is 48.8 Å². The van der Waals surface area contributed by atoms with Crippen molar-refractivity contribution in [2.45, 2.75) is 31.0 Å². The number of hydrogen-bond acceptors (Lipinski definition) is 4. The van der Waals surface area contributed by atoms with E-state index in [0.717, 1.165) is 6.07 Å². The molecule has 0 fully saturated rings. The van der Waals surface area contributed by atoms with E-state index < -0.39 is 40.5 Å². The fraction of sp³-hybridized carbons (Fsp3) is 0.250. The summed E-state index contributed by atoms with van der Waals surface area (Å²) in [5.41, 5.74) is -2.09. The lowest BCUT2D eigenvalue weighted by Gasteiger charge is -2.38. The first-order valence-electron chi connectivity index (χ1n) is 10.1. The van der Waals surface area contributed by atoms with Crippen LogP contribution in [0.15, 0.2) is 76.3 Å². The molecule has 5 nitrogen and oxygen atoms in total. The molecule has 9 heteroatoms. The van der Waals surface area contributed by atoms with Crippen LogP contribution in [0.5, 0.6) is 0 Å². The molecular weight excluding hydrogens is 453 g/mol. The molecule has 3 rings (SSSR count). The van der Waals surface area contributed by atoms with Crippen LogP contribution >= 0.6 is 0 Å². The van der Waals surface area contributed by atoms with Gasteiger partial charge in [-0.2, -0.15) is 18.4 Å². The van der Waals surface area contributed by atoms with Gasteiger partial charge in [-0.15, -0.1) is 0 Å². The molecule has 0 saturated carbocycles. The monoisotopic (exact) mass is 474 g/mol. The standard InChI is InChI=1S/C24H21F3N2O3S/c1-3-29-15(2)18(13-28)21(17-11-7-8-12-19(17)24(25,26)27)22(23(30)31)20(29)14-33(32)16-9-5-4-6-10-16/h4-12,15H,3,14H2,1-2H3,(H,30,31). The van der Waals surface area contributed by atoms with E-state index in [1.807, 2.05) is 6.07 Å². The minimum absolute atomic E-state index is 0.0832. The summed E-state index contributed by atoms with van der Waals surface area (Å²) in [5, 5.41) is 20.0. The molecule has 2 aromatic carbocycles. The average Bonchev–Trinajstić information content (AvgIpc) is 2.78. The van der Waals surface area contributed by atoms with Crippen molar-refractivity contribution in [3.05, 3.63) is 82.6 Å². The van der Waals surface area contributed by atoms with Crippen LogP contribution in [0.3, 0.4) is 0 Å². The summed E-state index contributed by atoms with van der Waals surface area (Å²) in [6.07, 6.45) is -4.76. The Bertz CT molecular complexity index is 1150. The molecule has 2 atom stereocenters. The van der Waals surface area contributed by atoms with Crippen molar-refractivity contribution in [3.8, 4) is 6.07 Å². The number of likely N-dealkylation sites (N-methyl/N-ethyl adjacent to an activating group) is 1. The molecule has 33 heavy (non-hydrogen) atoms. The van der Waals surface area contributed by atoms with Gasteiger partial charge in [0.2, 0.25) is 0 Å². The summed E-state index contributed by atoms with van der Waals surface area (Å²) >= 11 is -1.65. The molecule has 1 N–H and O–H groups in total. The Morgan fingerprint density at radius 1 is 1.18 bits per heavy atom. The van der Waals surface area contributed by atoms with Crippen molar-refractivity contribution in [2.75, 3.05) is 12.3 Å². The first-order valence-corrected chi connectivity index (χ1v) is 11.4. The molecule has 0 saturated heterocycles. The van der Waals surface area contributed by atoms with E-state index in [0.29, 0.717) is 4.90 Å². The summed E-state index contributed by atoms with van der Waals surface area (Å²) < 4.78 is 54.5. The van der Waals surface area contributed by atoms with Gasteiger partial charge in [0.15, 0.2) is 10.6 Å². The molecule has 1 heterocycles. The summed E-state index contributed by atoms with van der Waals surface area (Å²) in [7, 11) is 0. The number of carboxylic acid groups (broad SMARTS) is 1. The number of aliphatic carboxylic acids is 1. The number of rotatable bonds is 6. The minimum Gasteiger partial charge on any atom is -0.611 e. The molecule has 0 bridgehead atoms. The fourth-order valence-electron chi connectivity index (χ4n) is 4.03. The SMILES string of the molecule is CCN1C(C[S+]([O-])c2ccccc2)=C(C(=O)O)C(c2ccccc2C(F)(F)F)=C(C#N)C1C. The number of alkyl halides is 3. The first-order chi connectivity index (χ1) is 15.6. The van der Waals surface area contributed by atoms with Crippen LogP contribution in [0.1, 0.15) is 25.0 Å². The smallest absolute Gasteiger partial charge is 0.417 e. The summed E-state index contributed by atoms with van der Waals surface area (Å²) in [6, 6.07) is 14.2. The lowest BCUT2D eigenvalue weighted by Crippen LogP contribution is -2.41. The Morgan fingerprint density at radius 3 is 2.33 bits per heavy atom. The number of halogens is 3. The van der Waals surface area contributed by atoms with E-state index in [2.05, 4.69) is 0 Å². The van der Waals surface area contributed by atoms with Gasteiger partial charge in [0.05, 0.1) is 34.5 Å². The van der Waals surface area contributed by atoms with Crippen molar-refractivity contribution in [1.82, 2.24) is 4.90 Å². The number of carboxylic acids is 1. The molecule has 2 unspecified atom stereocenters. The lowest BCUT2D eigenvalue weighted by atomic mass is 9.83. The average molecular weight is 475 g/mol. The molecule has 0 radical (unpaired) electrons. The summed E-state index contributed by atoms with van der Waals surface area (Å²) in [6.45, 7) is 3.64. The second kappa shape index (κ2) is 9.73. The summed E-state index contributed by atoms with van der Waals surface area (Å²) in [4.78, 5) is 14.5. The van der Waals surface area contributed by atoms with E-state index in [9.17, 15) is 32.9 Å². The van der Waals surface area contributed by atoms with Gasteiger partial charge in [-0.3, -0.25) is 0 Å². The Kier molecular flexibility index (Phi) is 7.20. The van der Waals surface area contributed by atoms with Crippen molar-refractivity contribution in [1.29, 1.82) is 5.26 Å². The number of benzene rings is 2. The van der Waals surface area contributed by atoms with Crippen LogP contribution in [0.2, 0.25) is 0 Å². The minimum atomic E-state index is -4.76. The van der Waals surface area contributed by atoms with Gasteiger partial charge in [-0.25, -0.2) is 4.79 Å². The molecule has 1 aliphatic rings.